The topological polar surface area (TPSA) is 72.2 Å². The lowest BCUT2D eigenvalue weighted by atomic mass is 10.1. The summed E-state index contributed by atoms with van der Waals surface area (Å²) >= 11 is 0. The van der Waals surface area contributed by atoms with Crippen LogP contribution in [0.4, 0.5) is 24.5 Å². The molecule has 0 saturated carbocycles. The third kappa shape index (κ3) is 5.74. The van der Waals surface area contributed by atoms with Crippen molar-refractivity contribution in [2.45, 2.75) is 25.9 Å². The fraction of sp³-hybridized carbons (Fsp3) is 0.462. The number of nitrogens with two attached hydrogens (primary N) is 1. The summed E-state index contributed by atoms with van der Waals surface area (Å²) in [5.41, 5.74) is 4.64. The molecule has 0 aliphatic rings. The Bertz CT molecular complexity index is 533. The average Bonchev–Trinajstić information content (AvgIpc) is 2.39. The first-order chi connectivity index (χ1) is 9.74. The van der Waals surface area contributed by atoms with Crippen molar-refractivity contribution < 1.29 is 22.2 Å². The van der Waals surface area contributed by atoms with Crippen LogP contribution in [0, 0.1) is 0 Å². The Hall–Kier alpha value is -1.57. The van der Waals surface area contributed by atoms with Crippen LogP contribution < -0.4 is 11.1 Å². The van der Waals surface area contributed by atoms with Crippen LogP contribution in [0.2, 0.25) is 0 Å². The molecule has 21 heavy (non-hydrogen) atoms. The first kappa shape index (κ1) is 17.5. The Kier molecular flexibility index (Phi) is 6.19. The molecule has 0 fully saturated rings. The van der Waals surface area contributed by atoms with Gasteiger partial charge in [0, 0.05) is 28.7 Å². The maximum Gasteiger partial charge on any atom is 0.416 e. The minimum atomic E-state index is -4.47. The monoisotopic (exact) mass is 322 g/mol. The van der Waals surface area contributed by atoms with Crippen LogP contribution in [0.25, 0.3) is 0 Å². The van der Waals surface area contributed by atoms with Crippen LogP contribution in [-0.2, 0) is 21.8 Å². The standard InChI is InChI=1S/C13H17F3N2O2S/c1-2-21(20)7-3-4-12(19)18-11-6-5-9(8-10(11)17)13(14,15)16/h5-6,8H,2-4,7,17H2,1H3,(H,18,19). The Labute approximate surface area is 123 Å². The third-order valence-corrected chi connectivity index (χ3v) is 4.14. The summed E-state index contributed by atoms with van der Waals surface area (Å²) in [6.45, 7) is 1.79. The molecule has 0 radical (unpaired) electrons. The van der Waals surface area contributed by atoms with Gasteiger partial charge in [0.15, 0.2) is 0 Å². The van der Waals surface area contributed by atoms with E-state index in [9.17, 15) is 22.2 Å². The summed E-state index contributed by atoms with van der Waals surface area (Å²) in [7, 11) is -0.937. The number of carbonyl (C=O) groups is 1. The Morgan fingerprint density at radius 2 is 2.05 bits per heavy atom. The van der Waals surface area contributed by atoms with Crippen molar-refractivity contribution in [3.63, 3.8) is 0 Å². The van der Waals surface area contributed by atoms with Gasteiger partial charge in [-0.1, -0.05) is 6.92 Å². The molecule has 0 saturated heterocycles. The number of hydrogen-bond donors (Lipinski definition) is 2. The molecule has 3 N–H and O–H groups in total. The average molecular weight is 322 g/mol. The molecule has 0 aliphatic heterocycles. The number of carbonyl (C=O) groups excluding carboxylic acids is 1. The Morgan fingerprint density at radius 1 is 1.38 bits per heavy atom. The number of hydrogen-bond acceptors (Lipinski definition) is 3. The zero-order chi connectivity index (χ0) is 16.0. The van der Waals surface area contributed by atoms with E-state index in [2.05, 4.69) is 5.32 Å². The summed E-state index contributed by atoms with van der Waals surface area (Å²) in [4.78, 5) is 11.6. The van der Waals surface area contributed by atoms with Crippen molar-refractivity contribution in [2.75, 3.05) is 22.6 Å². The summed E-state index contributed by atoms with van der Waals surface area (Å²) in [6, 6.07) is 2.76. The SMILES string of the molecule is CCS(=O)CCCC(=O)Nc1ccc(C(F)(F)F)cc1N. The highest BCUT2D eigenvalue weighted by atomic mass is 32.2. The van der Waals surface area contributed by atoms with Crippen LogP contribution in [0.15, 0.2) is 18.2 Å². The van der Waals surface area contributed by atoms with E-state index in [4.69, 9.17) is 5.73 Å². The summed E-state index contributed by atoms with van der Waals surface area (Å²) < 4.78 is 48.6. The van der Waals surface area contributed by atoms with E-state index < -0.39 is 22.5 Å². The number of nitrogen functional groups attached to an aromatic ring is 1. The minimum Gasteiger partial charge on any atom is -0.397 e. The van der Waals surface area contributed by atoms with E-state index >= 15 is 0 Å². The van der Waals surface area contributed by atoms with Crippen LogP contribution in [0.1, 0.15) is 25.3 Å². The molecule has 1 unspecified atom stereocenters. The Balaban J connectivity index is 2.59. The van der Waals surface area contributed by atoms with Gasteiger partial charge >= 0.3 is 6.18 Å². The molecule has 1 rings (SSSR count). The summed E-state index contributed by atoms with van der Waals surface area (Å²) in [5, 5.41) is 2.45. The van der Waals surface area contributed by atoms with E-state index in [1.165, 1.54) is 0 Å². The van der Waals surface area contributed by atoms with Crippen LogP contribution in [-0.4, -0.2) is 21.6 Å². The lowest BCUT2D eigenvalue weighted by Crippen LogP contribution is -2.15. The fourth-order valence-electron chi connectivity index (χ4n) is 1.60. The van der Waals surface area contributed by atoms with E-state index in [1.807, 2.05) is 0 Å². The van der Waals surface area contributed by atoms with Gasteiger partial charge in [-0.2, -0.15) is 13.2 Å². The lowest BCUT2D eigenvalue weighted by Gasteiger charge is -2.11. The van der Waals surface area contributed by atoms with Gasteiger partial charge in [0.05, 0.1) is 16.9 Å². The molecule has 1 aromatic carbocycles. The van der Waals surface area contributed by atoms with E-state index in [1.54, 1.807) is 6.92 Å². The predicted molar refractivity (Wildman–Crippen MR) is 77.3 cm³/mol. The van der Waals surface area contributed by atoms with E-state index in [0.717, 1.165) is 18.2 Å². The van der Waals surface area contributed by atoms with Gasteiger partial charge in [0.1, 0.15) is 0 Å². The maximum absolute atomic E-state index is 12.5. The van der Waals surface area contributed by atoms with Crippen LogP contribution in [0.3, 0.4) is 0 Å². The number of amides is 1. The molecule has 0 bridgehead atoms. The molecule has 8 heteroatoms. The van der Waals surface area contributed by atoms with Gasteiger partial charge < -0.3 is 11.1 Å². The fourth-order valence-corrected chi connectivity index (χ4v) is 2.36. The summed E-state index contributed by atoms with van der Waals surface area (Å²) in [5.74, 6) is 0.592. The molecule has 1 amide bonds. The van der Waals surface area contributed by atoms with Crippen molar-refractivity contribution >= 4 is 28.1 Å². The van der Waals surface area contributed by atoms with Gasteiger partial charge in [-0.15, -0.1) is 0 Å². The molecular formula is C13H17F3N2O2S. The predicted octanol–water partition coefficient (Wildman–Crippen LogP) is 2.77. The van der Waals surface area contributed by atoms with Gasteiger partial charge in [0.2, 0.25) is 5.91 Å². The quantitative estimate of drug-likeness (QED) is 0.791. The number of anilines is 2. The second kappa shape index (κ2) is 7.44. The smallest absolute Gasteiger partial charge is 0.397 e. The molecule has 0 aromatic heterocycles. The normalized spacial score (nSPS) is 13.0. The molecule has 1 aromatic rings. The zero-order valence-corrected chi connectivity index (χ0v) is 12.3. The number of benzene rings is 1. The van der Waals surface area contributed by atoms with Crippen molar-refractivity contribution in [3.05, 3.63) is 23.8 Å². The molecule has 0 spiro atoms. The molecular weight excluding hydrogens is 305 g/mol. The van der Waals surface area contributed by atoms with E-state index in [-0.39, 0.29) is 23.7 Å². The van der Waals surface area contributed by atoms with Crippen molar-refractivity contribution in [1.82, 2.24) is 0 Å². The van der Waals surface area contributed by atoms with Gasteiger partial charge in [-0.05, 0) is 24.6 Å². The van der Waals surface area contributed by atoms with Gasteiger partial charge in [-0.3, -0.25) is 9.00 Å². The van der Waals surface area contributed by atoms with Crippen LogP contribution in [0.5, 0.6) is 0 Å². The number of rotatable bonds is 6. The molecule has 4 nitrogen and oxygen atoms in total. The zero-order valence-electron chi connectivity index (χ0n) is 11.5. The largest absolute Gasteiger partial charge is 0.416 e. The highest BCUT2D eigenvalue weighted by Crippen LogP contribution is 2.32. The minimum absolute atomic E-state index is 0.143. The van der Waals surface area contributed by atoms with Crippen molar-refractivity contribution in [1.29, 1.82) is 0 Å². The molecule has 1 atom stereocenters. The van der Waals surface area contributed by atoms with Crippen molar-refractivity contribution in [3.8, 4) is 0 Å². The highest BCUT2D eigenvalue weighted by molar-refractivity contribution is 7.84. The molecule has 0 aliphatic carbocycles. The van der Waals surface area contributed by atoms with Gasteiger partial charge in [0.25, 0.3) is 0 Å². The third-order valence-electron chi connectivity index (χ3n) is 2.75. The van der Waals surface area contributed by atoms with Gasteiger partial charge in [-0.25, -0.2) is 0 Å². The highest BCUT2D eigenvalue weighted by Gasteiger charge is 2.30. The number of nitrogens with one attached hydrogen (secondary N) is 1. The van der Waals surface area contributed by atoms with Crippen LogP contribution >= 0.6 is 0 Å². The molecule has 0 heterocycles. The first-order valence-corrected chi connectivity index (χ1v) is 7.84. The second-order valence-electron chi connectivity index (χ2n) is 4.38. The molecule has 118 valence electrons. The number of alkyl halides is 3. The summed E-state index contributed by atoms with van der Waals surface area (Å²) in [6.07, 6.45) is -3.88. The maximum atomic E-state index is 12.5. The Morgan fingerprint density at radius 3 is 2.57 bits per heavy atom. The van der Waals surface area contributed by atoms with Crippen molar-refractivity contribution in [2.24, 2.45) is 0 Å². The lowest BCUT2D eigenvalue weighted by molar-refractivity contribution is -0.137. The number of halogens is 3. The van der Waals surface area contributed by atoms with E-state index in [0.29, 0.717) is 17.9 Å². The second-order valence-corrected chi connectivity index (χ2v) is 6.25. The first-order valence-electron chi connectivity index (χ1n) is 6.35.